The van der Waals surface area contributed by atoms with Gasteiger partial charge in [0.05, 0.1) is 0 Å². The van der Waals surface area contributed by atoms with Crippen LogP contribution in [0.2, 0.25) is 0 Å². The first-order valence-electron chi connectivity index (χ1n) is 8.43. The van der Waals surface area contributed by atoms with Crippen molar-refractivity contribution in [3.05, 3.63) is 0 Å². The number of hydrogen-bond donors (Lipinski definition) is 2. The Hall–Kier alpha value is -1.10. The number of piperidine rings is 2. The third-order valence-electron chi connectivity index (χ3n) is 5.62. The van der Waals surface area contributed by atoms with Gasteiger partial charge >= 0.3 is 0 Å². The second kappa shape index (κ2) is 5.95. The van der Waals surface area contributed by atoms with Crippen LogP contribution in [0.3, 0.4) is 0 Å². The first-order chi connectivity index (χ1) is 10.2. The van der Waals surface area contributed by atoms with Crippen LogP contribution >= 0.6 is 0 Å². The summed E-state index contributed by atoms with van der Waals surface area (Å²) in [5.41, 5.74) is 0.318. The van der Waals surface area contributed by atoms with E-state index in [1.54, 1.807) is 0 Å². The molecule has 1 unspecified atom stereocenters. The predicted molar refractivity (Wildman–Crippen MR) is 80.6 cm³/mol. The van der Waals surface area contributed by atoms with Crippen LogP contribution in [0.5, 0.6) is 0 Å². The van der Waals surface area contributed by atoms with Crippen molar-refractivity contribution in [3.63, 3.8) is 0 Å². The van der Waals surface area contributed by atoms with Gasteiger partial charge in [-0.25, -0.2) is 0 Å². The maximum Gasteiger partial charge on any atom is 0.226 e. The molecule has 1 spiro atoms. The molecule has 1 saturated carbocycles. The molecule has 2 heterocycles. The third kappa shape index (κ3) is 2.93. The molecule has 3 fully saturated rings. The van der Waals surface area contributed by atoms with Gasteiger partial charge in [-0.05, 0) is 57.5 Å². The number of hydrogen-bond acceptors (Lipinski definition) is 3. The molecule has 2 aliphatic heterocycles. The van der Waals surface area contributed by atoms with Crippen LogP contribution in [0.25, 0.3) is 0 Å². The molecule has 2 saturated heterocycles. The lowest BCUT2D eigenvalue weighted by Crippen LogP contribution is -2.44. The Kier molecular flexibility index (Phi) is 4.20. The second-order valence-electron chi connectivity index (χ2n) is 6.86. The molecule has 3 rings (SSSR count). The monoisotopic (exact) mass is 293 g/mol. The number of amides is 2. The zero-order chi connectivity index (χ0) is 14.9. The van der Waals surface area contributed by atoms with Gasteiger partial charge in [0, 0.05) is 31.5 Å². The summed E-state index contributed by atoms with van der Waals surface area (Å²) in [6, 6.07) is 0. The third-order valence-corrected chi connectivity index (χ3v) is 5.62. The Balaban J connectivity index is 1.49. The molecular formula is C16H27N3O2. The zero-order valence-electron chi connectivity index (χ0n) is 13.0. The van der Waals surface area contributed by atoms with Gasteiger partial charge in [0.1, 0.15) is 0 Å². The van der Waals surface area contributed by atoms with Crippen molar-refractivity contribution in [3.8, 4) is 0 Å². The number of nitrogens with one attached hydrogen (secondary N) is 2. The molecule has 0 aromatic carbocycles. The number of carbonyl (C=O) groups excluding carboxylic acids is 2. The SMILES string of the molecule is CCNC(=O)C1CCN(C(=O)C2CC23CCNCC3)CC1. The first-order valence-corrected chi connectivity index (χ1v) is 8.43. The van der Waals surface area contributed by atoms with E-state index in [1.165, 1.54) is 0 Å². The Bertz CT molecular complexity index is 410. The maximum atomic E-state index is 12.6. The van der Waals surface area contributed by atoms with E-state index in [1.807, 2.05) is 11.8 Å². The second-order valence-corrected chi connectivity index (χ2v) is 6.86. The van der Waals surface area contributed by atoms with Crippen LogP contribution in [0, 0.1) is 17.3 Å². The fourth-order valence-corrected chi connectivity index (χ4v) is 4.08. The van der Waals surface area contributed by atoms with E-state index in [-0.39, 0.29) is 17.7 Å². The zero-order valence-corrected chi connectivity index (χ0v) is 13.0. The summed E-state index contributed by atoms with van der Waals surface area (Å²) in [6.07, 6.45) is 5.03. The minimum absolute atomic E-state index is 0.0982. The van der Waals surface area contributed by atoms with Crippen molar-refractivity contribution in [2.75, 3.05) is 32.7 Å². The van der Waals surface area contributed by atoms with Gasteiger partial charge in [-0.2, -0.15) is 0 Å². The van der Waals surface area contributed by atoms with Crippen molar-refractivity contribution >= 4 is 11.8 Å². The van der Waals surface area contributed by atoms with Gasteiger partial charge in [0.25, 0.3) is 0 Å². The average molecular weight is 293 g/mol. The summed E-state index contributed by atoms with van der Waals surface area (Å²) in [5.74, 6) is 0.874. The molecule has 0 bridgehead atoms. The minimum Gasteiger partial charge on any atom is -0.356 e. The Morgan fingerprint density at radius 3 is 2.52 bits per heavy atom. The average Bonchev–Trinajstić information content (AvgIpc) is 3.21. The quantitative estimate of drug-likeness (QED) is 0.807. The molecule has 118 valence electrons. The first kappa shape index (κ1) is 14.8. The molecular weight excluding hydrogens is 266 g/mol. The predicted octanol–water partition coefficient (Wildman–Crippen LogP) is 0.751. The van der Waals surface area contributed by atoms with E-state index >= 15 is 0 Å². The number of rotatable bonds is 3. The molecule has 2 N–H and O–H groups in total. The largest absolute Gasteiger partial charge is 0.356 e. The van der Waals surface area contributed by atoms with Crippen molar-refractivity contribution in [2.24, 2.45) is 17.3 Å². The highest BCUT2D eigenvalue weighted by atomic mass is 16.2. The Morgan fingerprint density at radius 2 is 1.90 bits per heavy atom. The van der Waals surface area contributed by atoms with Crippen LogP contribution in [0.1, 0.15) is 39.0 Å². The minimum atomic E-state index is 0.0982. The van der Waals surface area contributed by atoms with Crippen molar-refractivity contribution in [1.82, 2.24) is 15.5 Å². The van der Waals surface area contributed by atoms with Gasteiger partial charge < -0.3 is 15.5 Å². The maximum absolute atomic E-state index is 12.6. The molecule has 0 aromatic heterocycles. The van der Waals surface area contributed by atoms with E-state index in [9.17, 15) is 9.59 Å². The lowest BCUT2D eigenvalue weighted by Gasteiger charge is -2.32. The standard InChI is InChI=1S/C16H27N3O2/c1-2-18-14(20)12-3-9-19(10-4-12)15(21)13-11-16(13)5-7-17-8-6-16/h12-13,17H,2-11H2,1H3,(H,18,20). The molecule has 0 aromatic rings. The van der Waals surface area contributed by atoms with Crippen LogP contribution in [-0.2, 0) is 9.59 Å². The number of carbonyl (C=O) groups is 2. The Labute approximate surface area is 126 Å². The topological polar surface area (TPSA) is 61.4 Å². The molecule has 21 heavy (non-hydrogen) atoms. The lowest BCUT2D eigenvalue weighted by molar-refractivity contribution is -0.137. The molecule has 5 heteroatoms. The summed E-state index contributed by atoms with van der Waals surface area (Å²) in [4.78, 5) is 26.5. The van der Waals surface area contributed by atoms with Gasteiger partial charge in [0.2, 0.25) is 11.8 Å². The fraction of sp³-hybridized carbons (Fsp3) is 0.875. The highest BCUT2D eigenvalue weighted by Crippen LogP contribution is 2.59. The van der Waals surface area contributed by atoms with E-state index < -0.39 is 0 Å². The van der Waals surface area contributed by atoms with E-state index in [0.717, 1.165) is 58.3 Å². The molecule has 1 atom stereocenters. The fourth-order valence-electron chi connectivity index (χ4n) is 4.08. The highest BCUT2D eigenvalue weighted by Gasteiger charge is 2.58. The van der Waals surface area contributed by atoms with Crippen LogP contribution in [0.4, 0.5) is 0 Å². The summed E-state index contributed by atoms with van der Waals surface area (Å²) in [6.45, 7) is 6.27. The normalized spacial score (nSPS) is 28.4. The van der Waals surface area contributed by atoms with Gasteiger partial charge in [-0.1, -0.05) is 0 Å². The molecule has 0 radical (unpaired) electrons. The van der Waals surface area contributed by atoms with E-state index in [0.29, 0.717) is 17.9 Å². The summed E-state index contributed by atoms with van der Waals surface area (Å²) >= 11 is 0. The van der Waals surface area contributed by atoms with E-state index in [4.69, 9.17) is 0 Å². The smallest absolute Gasteiger partial charge is 0.226 e. The molecule has 3 aliphatic rings. The summed E-state index contributed by atoms with van der Waals surface area (Å²) in [7, 11) is 0. The molecule has 2 amide bonds. The van der Waals surface area contributed by atoms with Crippen LogP contribution < -0.4 is 10.6 Å². The summed E-state index contributed by atoms with van der Waals surface area (Å²) < 4.78 is 0. The van der Waals surface area contributed by atoms with Crippen LogP contribution in [-0.4, -0.2) is 49.4 Å². The lowest BCUT2D eigenvalue weighted by atomic mass is 9.90. The molecule has 1 aliphatic carbocycles. The van der Waals surface area contributed by atoms with Gasteiger partial charge in [-0.3, -0.25) is 9.59 Å². The van der Waals surface area contributed by atoms with Crippen molar-refractivity contribution in [2.45, 2.75) is 39.0 Å². The van der Waals surface area contributed by atoms with Crippen molar-refractivity contribution < 1.29 is 9.59 Å². The van der Waals surface area contributed by atoms with Gasteiger partial charge in [-0.15, -0.1) is 0 Å². The van der Waals surface area contributed by atoms with E-state index in [2.05, 4.69) is 10.6 Å². The highest BCUT2D eigenvalue weighted by molar-refractivity contribution is 5.83. The number of likely N-dealkylation sites (tertiary alicyclic amines) is 1. The summed E-state index contributed by atoms with van der Waals surface area (Å²) in [5, 5.41) is 6.27. The van der Waals surface area contributed by atoms with Crippen LogP contribution in [0.15, 0.2) is 0 Å². The number of nitrogens with zero attached hydrogens (tertiary/aromatic N) is 1. The van der Waals surface area contributed by atoms with Crippen molar-refractivity contribution in [1.29, 1.82) is 0 Å². The van der Waals surface area contributed by atoms with Gasteiger partial charge in [0.15, 0.2) is 0 Å². The molecule has 5 nitrogen and oxygen atoms in total. The Morgan fingerprint density at radius 1 is 1.24 bits per heavy atom.